The van der Waals surface area contributed by atoms with Gasteiger partial charge in [-0.25, -0.2) is 5.26 Å². The van der Waals surface area contributed by atoms with Crippen LogP contribution in [0.2, 0.25) is 20.1 Å². The molecule has 6 heteroatoms. The van der Waals surface area contributed by atoms with E-state index in [9.17, 15) is 0 Å². The lowest BCUT2D eigenvalue weighted by atomic mass is 9.93. The molecule has 0 spiro atoms. The average Bonchev–Trinajstić information content (AvgIpc) is 2.88. The van der Waals surface area contributed by atoms with Crippen LogP contribution in [-0.4, -0.2) is 5.26 Å². The van der Waals surface area contributed by atoms with E-state index in [1.54, 1.807) is 0 Å². The Labute approximate surface area is 227 Å². The molecular weight excluding hydrogens is 522 g/mol. The van der Waals surface area contributed by atoms with Crippen molar-refractivity contribution in [2.45, 2.75) is 19.3 Å². The number of halogens is 4. The van der Waals surface area contributed by atoms with Gasteiger partial charge in [-0.2, -0.15) is 0 Å². The summed E-state index contributed by atoms with van der Waals surface area (Å²) in [7, 11) is 0. The predicted molar refractivity (Wildman–Crippen MR) is 150 cm³/mol. The van der Waals surface area contributed by atoms with E-state index in [2.05, 4.69) is 42.7 Å². The van der Waals surface area contributed by atoms with Gasteiger partial charge in [-0.15, -0.1) is 0 Å². The summed E-state index contributed by atoms with van der Waals surface area (Å²) in [6.45, 7) is 5.18. The fourth-order valence-electron chi connectivity index (χ4n) is 3.14. The Bertz CT molecular complexity index is 1050. The Hall–Kier alpha value is -2.46. The maximum absolute atomic E-state index is 7.26. The summed E-state index contributed by atoms with van der Waals surface area (Å²) >= 11 is 23.4. The molecule has 0 amide bonds. The number of benzene rings is 4. The predicted octanol–water partition coefficient (Wildman–Crippen LogP) is 10.3. The maximum Gasteiger partial charge on any atom is 0.122 e. The van der Waals surface area contributed by atoms with Gasteiger partial charge in [0.1, 0.15) is 6.26 Å². The van der Waals surface area contributed by atoms with Gasteiger partial charge in [-0.1, -0.05) is 108 Å². The van der Waals surface area contributed by atoms with E-state index < -0.39 is 0 Å². The molecule has 0 radical (unpaired) electrons. The van der Waals surface area contributed by atoms with Gasteiger partial charge >= 0.3 is 0 Å². The topological polar surface area (TPSA) is 29.5 Å². The monoisotopic (exact) mass is 546 g/mol. The summed E-state index contributed by atoms with van der Waals surface area (Å²) in [6.07, 6.45) is 1.84. The van der Waals surface area contributed by atoms with Crippen LogP contribution in [0, 0.1) is 0 Å². The zero-order valence-electron chi connectivity index (χ0n) is 19.2. The van der Waals surface area contributed by atoms with Crippen LogP contribution in [-0.2, 0) is 11.3 Å². The van der Waals surface area contributed by atoms with Gasteiger partial charge in [0.25, 0.3) is 0 Å². The number of hydrogen-bond acceptors (Lipinski definition) is 2. The molecule has 0 aliphatic carbocycles. The third-order valence-electron chi connectivity index (χ3n) is 5.05. The van der Waals surface area contributed by atoms with Crippen molar-refractivity contribution < 1.29 is 10.1 Å². The van der Waals surface area contributed by atoms with E-state index in [1.165, 1.54) is 22.3 Å². The minimum absolute atomic E-state index is 0.356. The van der Waals surface area contributed by atoms with Gasteiger partial charge in [0, 0.05) is 26.0 Å². The third kappa shape index (κ3) is 10.8. The Morgan fingerprint density at radius 2 is 0.886 bits per heavy atom. The minimum Gasteiger partial charge on any atom is -0.349 e. The summed E-state index contributed by atoms with van der Waals surface area (Å²) in [5.74, 6) is 0.356. The molecule has 0 heterocycles. The summed E-state index contributed by atoms with van der Waals surface area (Å²) in [5.41, 5.74) is 5.02. The van der Waals surface area contributed by atoms with Crippen molar-refractivity contribution in [2.75, 3.05) is 0 Å². The molecule has 0 saturated heterocycles. The molecule has 2 nitrogen and oxygen atoms in total. The average molecular weight is 548 g/mol. The van der Waals surface area contributed by atoms with Gasteiger partial charge in [-0.3, -0.25) is 0 Å². The molecule has 0 atom stereocenters. The third-order valence-corrected chi connectivity index (χ3v) is 6.06. The molecule has 182 valence electrons. The van der Waals surface area contributed by atoms with Crippen molar-refractivity contribution in [3.63, 3.8) is 0 Å². The highest BCUT2D eigenvalue weighted by molar-refractivity contribution is 6.31. The second-order valence-electron chi connectivity index (χ2n) is 7.53. The van der Waals surface area contributed by atoms with Crippen LogP contribution in [0.5, 0.6) is 0 Å². The summed E-state index contributed by atoms with van der Waals surface area (Å²) in [4.78, 5) is 3.31. The minimum atomic E-state index is 0.356. The van der Waals surface area contributed by atoms with Gasteiger partial charge < -0.3 is 4.89 Å². The van der Waals surface area contributed by atoms with Crippen LogP contribution in [0.1, 0.15) is 35.1 Å². The summed E-state index contributed by atoms with van der Waals surface area (Å²) < 4.78 is 0. The van der Waals surface area contributed by atoms with Gasteiger partial charge in [0.05, 0.1) is 0 Å². The molecule has 0 aliphatic heterocycles. The molecule has 0 bridgehead atoms. The molecule has 0 aromatic heterocycles. The van der Waals surface area contributed by atoms with E-state index in [0.717, 1.165) is 32.8 Å². The van der Waals surface area contributed by atoms with Gasteiger partial charge in [-0.05, 0) is 77.2 Å². The second-order valence-corrected chi connectivity index (χ2v) is 9.27. The fraction of sp³-hybridized carbons (Fsp3) is 0.103. The highest BCUT2D eigenvalue weighted by Gasteiger charge is 2.07. The molecular formula is C29H26Cl4O2. The smallest absolute Gasteiger partial charge is 0.122 e. The quantitative estimate of drug-likeness (QED) is 0.153. The van der Waals surface area contributed by atoms with Crippen LogP contribution in [0.4, 0.5) is 0 Å². The van der Waals surface area contributed by atoms with E-state index >= 15 is 0 Å². The van der Waals surface area contributed by atoms with Crippen LogP contribution in [0.3, 0.4) is 0 Å². The Morgan fingerprint density at radius 3 is 1.14 bits per heavy atom. The van der Waals surface area contributed by atoms with Crippen LogP contribution in [0.15, 0.2) is 110 Å². The van der Waals surface area contributed by atoms with Crippen LogP contribution in [0.25, 0.3) is 0 Å². The standard InChI is InChI=1S/C14H12Cl2.C13H10Cl2.C2H4O2/c1-10(11-2-6-13(15)7-3-11)12-4-8-14(16)9-5-12;14-12-5-1-10(2-6-12)9-11-3-7-13(15)8-4-11;1-2-4-3/h2-10H,1H3;1-8H,9H2;2-3H,1H2. The van der Waals surface area contributed by atoms with E-state index in [0.29, 0.717) is 5.92 Å². The molecule has 0 unspecified atom stereocenters. The van der Waals surface area contributed by atoms with Crippen LogP contribution >= 0.6 is 46.4 Å². The van der Waals surface area contributed by atoms with Crippen molar-refractivity contribution in [1.29, 1.82) is 0 Å². The molecule has 1 N–H and O–H groups in total. The Balaban J connectivity index is 0.000000215. The van der Waals surface area contributed by atoms with Gasteiger partial charge in [0.2, 0.25) is 0 Å². The molecule has 4 aromatic rings. The van der Waals surface area contributed by atoms with Crippen molar-refractivity contribution >= 4 is 46.4 Å². The van der Waals surface area contributed by atoms with E-state index in [4.69, 9.17) is 51.7 Å². The maximum atomic E-state index is 7.26. The fourth-order valence-corrected chi connectivity index (χ4v) is 3.64. The first-order valence-electron chi connectivity index (χ1n) is 10.7. The lowest BCUT2D eigenvalue weighted by Gasteiger charge is -2.12. The molecule has 0 aliphatic rings. The normalized spacial score (nSPS) is 9.91. The summed E-state index contributed by atoms with van der Waals surface area (Å²) in [5, 5.41) is 10.3. The van der Waals surface area contributed by atoms with Gasteiger partial charge in [0.15, 0.2) is 0 Å². The highest BCUT2D eigenvalue weighted by Crippen LogP contribution is 2.26. The molecule has 4 rings (SSSR count). The van der Waals surface area contributed by atoms with Crippen molar-refractivity contribution in [3.05, 3.63) is 152 Å². The first-order valence-corrected chi connectivity index (χ1v) is 12.2. The van der Waals surface area contributed by atoms with Crippen molar-refractivity contribution in [2.24, 2.45) is 0 Å². The van der Waals surface area contributed by atoms with Crippen molar-refractivity contribution in [1.82, 2.24) is 0 Å². The Morgan fingerprint density at radius 1 is 0.629 bits per heavy atom. The molecule has 35 heavy (non-hydrogen) atoms. The number of rotatable bonds is 5. The van der Waals surface area contributed by atoms with E-state index in [1.807, 2.05) is 72.8 Å². The first-order chi connectivity index (χ1) is 16.8. The SMILES string of the molecule is C=COO.CC(c1ccc(Cl)cc1)c1ccc(Cl)cc1.Clc1ccc(Cc2ccc(Cl)cc2)cc1. The zero-order chi connectivity index (χ0) is 25.6. The second kappa shape index (κ2) is 15.5. The zero-order valence-corrected chi connectivity index (χ0v) is 22.2. The number of hydrogen-bond donors (Lipinski definition) is 1. The van der Waals surface area contributed by atoms with Crippen LogP contribution < -0.4 is 0 Å². The summed E-state index contributed by atoms with van der Waals surface area (Å²) in [6, 6.07) is 31.7. The lowest BCUT2D eigenvalue weighted by Crippen LogP contribution is -1.95. The lowest BCUT2D eigenvalue weighted by molar-refractivity contribution is -0.186. The van der Waals surface area contributed by atoms with Crippen molar-refractivity contribution in [3.8, 4) is 0 Å². The van der Waals surface area contributed by atoms with E-state index in [-0.39, 0.29) is 0 Å². The largest absolute Gasteiger partial charge is 0.349 e. The highest BCUT2D eigenvalue weighted by atomic mass is 35.5. The molecule has 4 aromatic carbocycles. The molecule has 0 fully saturated rings. The molecule has 0 saturated carbocycles. The Kier molecular flexibility index (Phi) is 12.8. The first kappa shape index (κ1) is 28.8.